The van der Waals surface area contributed by atoms with Crippen LogP contribution in [0, 0.1) is 0 Å². The molecule has 0 unspecified atom stereocenters. The van der Waals surface area contributed by atoms with Gasteiger partial charge in [-0.05, 0) is 17.7 Å². The zero-order valence-electron chi connectivity index (χ0n) is 9.53. The number of ether oxygens (including phenoxy) is 2. The summed E-state index contributed by atoms with van der Waals surface area (Å²) >= 11 is 0. The van der Waals surface area contributed by atoms with Gasteiger partial charge in [-0.2, -0.15) is 0 Å². The van der Waals surface area contributed by atoms with Crippen molar-refractivity contribution in [2.75, 3.05) is 27.3 Å². The lowest BCUT2D eigenvalue weighted by molar-refractivity contribution is -0.127. The molecule has 4 heteroatoms. The first kappa shape index (κ1) is 10.8. The molecule has 1 aliphatic rings. The maximum atomic E-state index is 11.5. The molecule has 0 aromatic heterocycles. The highest BCUT2D eigenvalue weighted by Crippen LogP contribution is 2.30. The van der Waals surface area contributed by atoms with Gasteiger partial charge in [0.1, 0.15) is 13.2 Å². The van der Waals surface area contributed by atoms with Gasteiger partial charge in [0.15, 0.2) is 11.5 Å². The van der Waals surface area contributed by atoms with Crippen LogP contribution in [0.4, 0.5) is 0 Å². The molecule has 0 spiro atoms. The van der Waals surface area contributed by atoms with Gasteiger partial charge in [-0.15, -0.1) is 0 Å². The van der Waals surface area contributed by atoms with E-state index in [9.17, 15) is 4.79 Å². The number of hydrogen-bond donors (Lipinski definition) is 0. The summed E-state index contributed by atoms with van der Waals surface area (Å²) in [5, 5.41) is 0. The van der Waals surface area contributed by atoms with Crippen LogP contribution in [0.2, 0.25) is 0 Å². The number of carbonyl (C=O) groups is 1. The second-order valence-electron chi connectivity index (χ2n) is 3.94. The molecule has 16 heavy (non-hydrogen) atoms. The Hall–Kier alpha value is -1.71. The standard InChI is InChI=1S/C12H15NO3/c1-13(2)12(14)8-9-3-4-10-11(7-9)16-6-5-15-10/h3-4,7H,5-6,8H2,1-2H3. The largest absolute Gasteiger partial charge is 0.486 e. The zero-order chi connectivity index (χ0) is 11.5. The first-order chi connectivity index (χ1) is 7.66. The molecule has 1 heterocycles. The van der Waals surface area contributed by atoms with Crippen molar-refractivity contribution in [3.05, 3.63) is 23.8 Å². The number of rotatable bonds is 2. The molecule has 0 radical (unpaired) electrons. The van der Waals surface area contributed by atoms with E-state index in [2.05, 4.69) is 0 Å². The molecule has 4 nitrogen and oxygen atoms in total. The Morgan fingerprint density at radius 3 is 2.62 bits per heavy atom. The lowest BCUT2D eigenvalue weighted by Gasteiger charge is -2.19. The Morgan fingerprint density at radius 1 is 1.25 bits per heavy atom. The van der Waals surface area contributed by atoms with Crippen molar-refractivity contribution in [2.24, 2.45) is 0 Å². The highest BCUT2D eigenvalue weighted by Gasteiger charge is 2.13. The summed E-state index contributed by atoms with van der Waals surface area (Å²) in [5.74, 6) is 1.57. The van der Waals surface area contributed by atoms with Crippen molar-refractivity contribution in [3.8, 4) is 11.5 Å². The van der Waals surface area contributed by atoms with E-state index in [1.165, 1.54) is 0 Å². The molecule has 0 atom stereocenters. The van der Waals surface area contributed by atoms with Crippen molar-refractivity contribution in [2.45, 2.75) is 6.42 Å². The maximum Gasteiger partial charge on any atom is 0.226 e. The molecule has 0 N–H and O–H groups in total. The van der Waals surface area contributed by atoms with Crippen molar-refractivity contribution in [3.63, 3.8) is 0 Å². The van der Waals surface area contributed by atoms with Crippen LogP contribution in [0.1, 0.15) is 5.56 Å². The van der Waals surface area contributed by atoms with Crippen LogP contribution in [0.3, 0.4) is 0 Å². The van der Waals surface area contributed by atoms with Crippen LogP contribution >= 0.6 is 0 Å². The van der Waals surface area contributed by atoms with Gasteiger partial charge in [-0.3, -0.25) is 4.79 Å². The van der Waals surface area contributed by atoms with E-state index >= 15 is 0 Å². The molecule has 86 valence electrons. The van der Waals surface area contributed by atoms with Gasteiger partial charge >= 0.3 is 0 Å². The molecular weight excluding hydrogens is 206 g/mol. The van der Waals surface area contributed by atoms with Crippen molar-refractivity contribution >= 4 is 5.91 Å². The van der Waals surface area contributed by atoms with Crippen LogP contribution in [-0.4, -0.2) is 38.1 Å². The number of fused-ring (bicyclic) bond motifs is 1. The molecule has 1 aromatic carbocycles. The van der Waals surface area contributed by atoms with Crippen LogP contribution < -0.4 is 9.47 Å². The molecule has 0 fully saturated rings. The van der Waals surface area contributed by atoms with Gasteiger partial charge in [0.25, 0.3) is 0 Å². The van der Waals surface area contributed by atoms with Crippen molar-refractivity contribution < 1.29 is 14.3 Å². The normalized spacial score (nSPS) is 13.4. The smallest absolute Gasteiger partial charge is 0.226 e. The second kappa shape index (κ2) is 4.43. The SMILES string of the molecule is CN(C)C(=O)Cc1ccc2c(c1)OCCO2. The summed E-state index contributed by atoms with van der Waals surface area (Å²) in [4.78, 5) is 13.1. The Labute approximate surface area is 94.8 Å². The van der Waals surface area contributed by atoms with Gasteiger partial charge in [0.05, 0.1) is 6.42 Å². The van der Waals surface area contributed by atoms with Gasteiger partial charge < -0.3 is 14.4 Å². The average molecular weight is 221 g/mol. The molecule has 0 bridgehead atoms. The van der Waals surface area contributed by atoms with E-state index in [0.717, 1.165) is 17.1 Å². The minimum absolute atomic E-state index is 0.0803. The molecule has 2 rings (SSSR count). The molecule has 1 aromatic rings. The maximum absolute atomic E-state index is 11.5. The lowest BCUT2D eigenvalue weighted by atomic mass is 10.1. The van der Waals surface area contributed by atoms with Crippen LogP contribution in [0.5, 0.6) is 11.5 Å². The quantitative estimate of drug-likeness (QED) is 0.750. The fourth-order valence-corrected chi connectivity index (χ4v) is 1.53. The molecule has 1 amide bonds. The third-order valence-corrected chi connectivity index (χ3v) is 2.46. The minimum atomic E-state index is 0.0803. The van der Waals surface area contributed by atoms with E-state index < -0.39 is 0 Å². The van der Waals surface area contributed by atoms with E-state index in [-0.39, 0.29) is 5.91 Å². The van der Waals surface area contributed by atoms with E-state index in [1.807, 2.05) is 18.2 Å². The van der Waals surface area contributed by atoms with Gasteiger partial charge in [0, 0.05) is 14.1 Å². The van der Waals surface area contributed by atoms with Crippen LogP contribution in [0.15, 0.2) is 18.2 Å². The third-order valence-electron chi connectivity index (χ3n) is 2.46. The monoisotopic (exact) mass is 221 g/mol. The Balaban J connectivity index is 2.14. The number of carbonyl (C=O) groups excluding carboxylic acids is 1. The first-order valence-electron chi connectivity index (χ1n) is 5.25. The molecular formula is C12H15NO3. The Bertz CT molecular complexity index is 401. The van der Waals surface area contributed by atoms with E-state index in [4.69, 9.17) is 9.47 Å². The number of amides is 1. The number of nitrogens with zero attached hydrogens (tertiary/aromatic N) is 1. The summed E-state index contributed by atoms with van der Waals surface area (Å²) in [7, 11) is 3.50. The zero-order valence-corrected chi connectivity index (χ0v) is 9.53. The van der Waals surface area contributed by atoms with Gasteiger partial charge in [-0.25, -0.2) is 0 Å². The van der Waals surface area contributed by atoms with Crippen LogP contribution in [-0.2, 0) is 11.2 Å². The van der Waals surface area contributed by atoms with Crippen LogP contribution in [0.25, 0.3) is 0 Å². The van der Waals surface area contributed by atoms with Crippen molar-refractivity contribution in [1.82, 2.24) is 4.90 Å². The first-order valence-corrected chi connectivity index (χ1v) is 5.25. The minimum Gasteiger partial charge on any atom is -0.486 e. The van der Waals surface area contributed by atoms with E-state index in [1.54, 1.807) is 19.0 Å². The summed E-state index contributed by atoms with van der Waals surface area (Å²) in [6.07, 6.45) is 0.392. The van der Waals surface area contributed by atoms with Gasteiger partial charge in [0.2, 0.25) is 5.91 Å². The predicted octanol–water partition coefficient (Wildman–Crippen LogP) is 1.09. The third kappa shape index (κ3) is 2.27. The molecule has 0 aliphatic carbocycles. The highest BCUT2D eigenvalue weighted by atomic mass is 16.6. The highest BCUT2D eigenvalue weighted by molar-refractivity contribution is 5.78. The number of hydrogen-bond acceptors (Lipinski definition) is 3. The fraction of sp³-hybridized carbons (Fsp3) is 0.417. The Kier molecular flexibility index (Phi) is 2.99. The Morgan fingerprint density at radius 2 is 1.94 bits per heavy atom. The second-order valence-corrected chi connectivity index (χ2v) is 3.94. The van der Waals surface area contributed by atoms with Gasteiger partial charge in [-0.1, -0.05) is 6.07 Å². The fourth-order valence-electron chi connectivity index (χ4n) is 1.53. The predicted molar refractivity (Wildman–Crippen MR) is 59.8 cm³/mol. The number of likely N-dealkylation sites (N-methyl/N-ethyl adjacent to an activating group) is 1. The summed E-state index contributed by atoms with van der Waals surface area (Å²) in [6, 6.07) is 5.62. The molecule has 1 aliphatic heterocycles. The lowest BCUT2D eigenvalue weighted by Crippen LogP contribution is -2.23. The summed E-state index contributed by atoms with van der Waals surface area (Å²) in [6.45, 7) is 1.15. The summed E-state index contributed by atoms with van der Waals surface area (Å²) < 4.78 is 10.9. The topological polar surface area (TPSA) is 38.8 Å². The molecule has 0 saturated heterocycles. The van der Waals surface area contributed by atoms with Crippen molar-refractivity contribution in [1.29, 1.82) is 0 Å². The molecule has 0 saturated carbocycles. The average Bonchev–Trinajstić information content (AvgIpc) is 2.28. The number of benzene rings is 1. The summed E-state index contributed by atoms with van der Waals surface area (Å²) in [5.41, 5.74) is 0.947. The van der Waals surface area contributed by atoms with E-state index in [0.29, 0.717) is 19.6 Å².